The summed E-state index contributed by atoms with van der Waals surface area (Å²) >= 11 is 0. The van der Waals surface area contributed by atoms with E-state index in [2.05, 4.69) is 21.4 Å². The molecule has 0 fully saturated rings. The molecule has 4 heteroatoms. The second-order valence-corrected chi connectivity index (χ2v) is 5.01. The number of aromatic nitrogens is 2. The second-order valence-electron chi connectivity index (χ2n) is 5.01. The van der Waals surface area contributed by atoms with Crippen molar-refractivity contribution in [2.75, 3.05) is 0 Å². The second kappa shape index (κ2) is 4.88. The highest BCUT2D eigenvalue weighted by Crippen LogP contribution is 2.23. The van der Waals surface area contributed by atoms with Gasteiger partial charge >= 0.3 is 0 Å². The van der Waals surface area contributed by atoms with E-state index < -0.39 is 0 Å². The third kappa shape index (κ3) is 2.38. The fourth-order valence-corrected chi connectivity index (χ4v) is 2.58. The largest absolute Gasteiger partial charge is 0.347 e. The SMILES string of the molecule is C[C@@H](NC(=O)c1ccc2c(c1)CCC2)c1ncc[nH]1. The van der Waals surface area contributed by atoms with E-state index in [0.29, 0.717) is 0 Å². The summed E-state index contributed by atoms with van der Waals surface area (Å²) in [4.78, 5) is 19.4. The van der Waals surface area contributed by atoms with Crippen molar-refractivity contribution in [1.29, 1.82) is 0 Å². The van der Waals surface area contributed by atoms with Crippen molar-refractivity contribution >= 4 is 5.91 Å². The molecule has 1 aliphatic rings. The highest BCUT2D eigenvalue weighted by atomic mass is 16.1. The van der Waals surface area contributed by atoms with Crippen LogP contribution in [0.5, 0.6) is 0 Å². The number of aromatic amines is 1. The highest BCUT2D eigenvalue weighted by molar-refractivity contribution is 5.94. The average Bonchev–Trinajstić information content (AvgIpc) is 3.09. The van der Waals surface area contributed by atoms with Crippen molar-refractivity contribution in [1.82, 2.24) is 15.3 Å². The van der Waals surface area contributed by atoms with Crippen LogP contribution in [-0.2, 0) is 12.8 Å². The molecule has 1 aliphatic carbocycles. The van der Waals surface area contributed by atoms with E-state index in [0.717, 1.165) is 24.2 Å². The molecule has 1 aromatic carbocycles. The number of fused-ring (bicyclic) bond motifs is 1. The summed E-state index contributed by atoms with van der Waals surface area (Å²) < 4.78 is 0. The lowest BCUT2D eigenvalue weighted by atomic mass is 10.1. The summed E-state index contributed by atoms with van der Waals surface area (Å²) in [5, 5.41) is 2.96. The van der Waals surface area contributed by atoms with Gasteiger partial charge in [0.1, 0.15) is 5.82 Å². The molecule has 3 rings (SSSR count). The number of aryl methyl sites for hydroxylation is 2. The smallest absolute Gasteiger partial charge is 0.251 e. The van der Waals surface area contributed by atoms with Crippen LogP contribution in [0.4, 0.5) is 0 Å². The standard InChI is InChI=1S/C15H17N3O/c1-10(14-16-7-8-17-14)18-15(19)13-6-5-11-3-2-4-12(11)9-13/h5-10H,2-4H2,1H3,(H,16,17)(H,18,19)/t10-/m1/s1. The molecule has 2 N–H and O–H groups in total. The number of benzene rings is 1. The van der Waals surface area contributed by atoms with Crippen molar-refractivity contribution in [3.8, 4) is 0 Å². The van der Waals surface area contributed by atoms with Gasteiger partial charge in [0.05, 0.1) is 6.04 Å². The van der Waals surface area contributed by atoms with E-state index in [4.69, 9.17) is 0 Å². The van der Waals surface area contributed by atoms with Crippen LogP contribution in [0.1, 0.15) is 46.7 Å². The van der Waals surface area contributed by atoms with Gasteiger partial charge in [-0.25, -0.2) is 4.98 Å². The van der Waals surface area contributed by atoms with Crippen LogP contribution < -0.4 is 5.32 Å². The molecule has 0 saturated carbocycles. The first-order valence-electron chi connectivity index (χ1n) is 6.66. The van der Waals surface area contributed by atoms with Crippen LogP contribution in [0.25, 0.3) is 0 Å². The molecule has 0 radical (unpaired) electrons. The third-order valence-electron chi connectivity index (χ3n) is 3.64. The molecular weight excluding hydrogens is 238 g/mol. The number of rotatable bonds is 3. The molecule has 1 atom stereocenters. The van der Waals surface area contributed by atoms with E-state index >= 15 is 0 Å². The lowest BCUT2D eigenvalue weighted by molar-refractivity contribution is 0.0938. The van der Waals surface area contributed by atoms with Crippen LogP contribution in [0.15, 0.2) is 30.6 Å². The molecule has 0 aliphatic heterocycles. The monoisotopic (exact) mass is 255 g/mol. The summed E-state index contributed by atoms with van der Waals surface area (Å²) in [6.07, 6.45) is 6.87. The third-order valence-corrected chi connectivity index (χ3v) is 3.64. The summed E-state index contributed by atoms with van der Waals surface area (Å²) in [6, 6.07) is 5.89. The number of nitrogens with one attached hydrogen (secondary N) is 2. The summed E-state index contributed by atoms with van der Waals surface area (Å²) in [5.74, 6) is 0.730. The zero-order chi connectivity index (χ0) is 13.2. The van der Waals surface area contributed by atoms with E-state index in [-0.39, 0.29) is 11.9 Å². The molecule has 0 spiro atoms. The Bertz CT molecular complexity index is 589. The number of nitrogens with zero attached hydrogens (tertiary/aromatic N) is 1. The van der Waals surface area contributed by atoms with Crippen LogP contribution in [0.3, 0.4) is 0 Å². The minimum Gasteiger partial charge on any atom is -0.347 e. The number of hydrogen-bond donors (Lipinski definition) is 2. The van der Waals surface area contributed by atoms with Gasteiger partial charge in [-0.05, 0) is 49.4 Å². The molecule has 1 aromatic heterocycles. The summed E-state index contributed by atoms with van der Waals surface area (Å²) in [6.45, 7) is 1.92. The fourth-order valence-electron chi connectivity index (χ4n) is 2.58. The number of H-pyrrole nitrogens is 1. The zero-order valence-corrected chi connectivity index (χ0v) is 10.9. The summed E-state index contributed by atoms with van der Waals surface area (Å²) in [5.41, 5.74) is 3.44. The molecular formula is C15H17N3O. The molecule has 4 nitrogen and oxygen atoms in total. The van der Waals surface area contributed by atoms with Crippen molar-refractivity contribution in [2.45, 2.75) is 32.2 Å². The maximum Gasteiger partial charge on any atom is 0.251 e. The van der Waals surface area contributed by atoms with Gasteiger partial charge in [-0.3, -0.25) is 4.79 Å². The Morgan fingerprint density at radius 3 is 3.00 bits per heavy atom. The fraction of sp³-hybridized carbons (Fsp3) is 0.333. The Balaban J connectivity index is 1.74. The maximum absolute atomic E-state index is 12.2. The van der Waals surface area contributed by atoms with E-state index in [1.54, 1.807) is 12.4 Å². The van der Waals surface area contributed by atoms with E-state index in [1.807, 2.05) is 19.1 Å². The minimum atomic E-state index is -0.115. The highest BCUT2D eigenvalue weighted by Gasteiger charge is 2.16. The number of amides is 1. The van der Waals surface area contributed by atoms with Gasteiger partial charge in [-0.1, -0.05) is 6.07 Å². The number of carbonyl (C=O) groups is 1. The molecule has 1 amide bonds. The van der Waals surface area contributed by atoms with Gasteiger partial charge < -0.3 is 10.3 Å². The lowest BCUT2D eigenvalue weighted by Crippen LogP contribution is -2.27. The minimum absolute atomic E-state index is 0.0430. The molecule has 2 aromatic rings. The Labute approximate surface area is 112 Å². The number of carbonyl (C=O) groups excluding carboxylic acids is 1. The Kier molecular flexibility index (Phi) is 3.07. The predicted octanol–water partition coefficient (Wildman–Crippen LogP) is 2.39. The quantitative estimate of drug-likeness (QED) is 0.884. The summed E-state index contributed by atoms with van der Waals surface area (Å²) in [7, 11) is 0. The Hall–Kier alpha value is -2.10. The van der Waals surface area contributed by atoms with Gasteiger partial charge in [0.15, 0.2) is 0 Å². The van der Waals surface area contributed by atoms with Gasteiger partial charge in [0.2, 0.25) is 0 Å². The number of hydrogen-bond acceptors (Lipinski definition) is 2. The number of imidazole rings is 1. The molecule has 0 unspecified atom stereocenters. The first kappa shape index (κ1) is 12.0. The lowest BCUT2D eigenvalue weighted by Gasteiger charge is -2.12. The molecule has 98 valence electrons. The Morgan fingerprint density at radius 1 is 1.37 bits per heavy atom. The molecule has 1 heterocycles. The molecule has 0 bridgehead atoms. The van der Waals surface area contributed by atoms with Crippen molar-refractivity contribution in [3.05, 3.63) is 53.1 Å². The van der Waals surface area contributed by atoms with Gasteiger partial charge in [-0.15, -0.1) is 0 Å². The molecule has 19 heavy (non-hydrogen) atoms. The van der Waals surface area contributed by atoms with Crippen LogP contribution >= 0.6 is 0 Å². The van der Waals surface area contributed by atoms with Crippen molar-refractivity contribution in [3.63, 3.8) is 0 Å². The molecule has 0 saturated heterocycles. The van der Waals surface area contributed by atoms with Crippen LogP contribution in [0.2, 0.25) is 0 Å². The topological polar surface area (TPSA) is 57.8 Å². The van der Waals surface area contributed by atoms with Crippen molar-refractivity contribution in [2.24, 2.45) is 0 Å². The van der Waals surface area contributed by atoms with E-state index in [1.165, 1.54) is 17.5 Å². The predicted molar refractivity (Wildman–Crippen MR) is 72.9 cm³/mol. The van der Waals surface area contributed by atoms with Gasteiger partial charge in [0.25, 0.3) is 5.91 Å². The first-order valence-corrected chi connectivity index (χ1v) is 6.66. The Morgan fingerprint density at radius 2 is 2.21 bits per heavy atom. The normalized spacial score (nSPS) is 15.0. The average molecular weight is 255 g/mol. The van der Waals surface area contributed by atoms with Gasteiger partial charge in [-0.2, -0.15) is 0 Å². The van der Waals surface area contributed by atoms with Gasteiger partial charge in [0, 0.05) is 18.0 Å². The van der Waals surface area contributed by atoms with Crippen LogP contribution in [-0.4, -0.2) is 15.9 Å². The maximum atomic E-state index is 12.2. The van der Waals surface area contributed by atoms with E-state index in [9.17, 15) is 4.79 Å². The zero-order valence-electron chi connectivity index (χ0n) is 10.9. The van der Waals surface area contributed by atoms with Crippen molar-refractivity contribution < 1.29 is 4.79 Å². The first-order chi connectivity index (χ1) is 9.24. The van der Waals surface area contributed by atoms with Crippen LogP contribution in [0, 0.1) is 0 Å².